The van der Waals surface area contributed by atoms with E-state index in [-0.39, 0.29) is 0 Å². The molecule has 2 aromatic heterocycles. The Labute approximate surface area is 165 Å². The molecule has 4 aromatic carbocycles. The summed E-state index contributed by atoms with van der Waals surface area (Å²) in [5.41, 5.74) is 3.67. The van der Waals surface area contributed by atoms with Crippen LogP contribution >= 0.6 is 22.9 Å². The average molecular weight is 384 g/mol. The Hall–Kier alpha value is -2.81. The smallest absolute Gasteiger partial charge is 0.0541 e. The van der Waals surface area contributed by atoms with Crippen LogP contribution in [0.15, 0.2) is 84.9 Å². The van der Waals surface area contributed by atoms with Gasteiger partial charge in [0.25, 0.3) is 0 Å². The quantitative estimate of drug-likeness (QED) is 0.273. The van der Waals surface area contributed by atoms with Crippen LogP contribution in [-0.2, 0) is 0 Å². The third kappa shape index (κ3) is 2.18. The molecule has 6 aromatic rings. The van der Waals surface area contributed by atoms with Gasteiger partial charge in [-0.2, -0.15) is 0 Å². The predicted octanol–water partition coefficient (Wildman–Crippen LogP) is 7.81. The monoisotopic (exact) mass is 383 g/mol. The van der Waals surface area contributed by atoms with Crippen LogP contribution in [0.25, 0.3) is 47.7 Å². The molecule has 0 saturated carbocycles. The molecular formula is C24H14ClNS. The molecule has 0 radical (unpaired) electrons. The zero-order valence-electron chi connectivity index (χ0n) is 14.3. The van der Waals surface area contributed by atoms with Gasteiger partial charge in [0, 0.05) is 41.7 Å². The Morgan fingerprint density at radius 1 is 0.593 bits per heavy atom. The lowest BCUT2D eigenvalue weighted by molar-refractivity contribution is 1.19. The van der Waals surface area contributed by atoms with Crippen LogP contribution < -0.4 is 0 Å². The molecule has 1 nitrogen and oxygen atoms in total. The summed E-state index contributed by atoms with van der Waals surface area (Å²) in [5, 5.41) is 5.92. The molecule has 0 spiro atoms. The second-order valence-corrected chi connectivity index (χ2v) is 8.31. The molecule has 27 heavy (non-hydrogen) atoms. The average Bonchev–Trinajstić information content (AvgIpc) is 3.22. The second-order valence-electron chi connectivity index (χ2n) is 6.79. The van der Waals surface area contributed by atoms with Gasteiger partial charge in [-0.3, -0.25) is 0 Å². The first-order valence-electron chi connectivity index (χ1n) is 8.90. The van der Waals surface area contributed by atoms with Crippen molar-refractivity contribution < 1.29 is 0 Å². The number of thiophene rings is 1. The number of aromatic nitrogens is 1. The molecule has 6 rings (SSSR count). The van der Waals surface area contributed by atoms with Crippen LogP contribution in [-0.4, -0.2) is 4.57 Å². The van der Waals surface area contributed by atoms with Gasteiger partial charge < -0.3 is 4.57 Å². The van der Waals surface area contributed by atoms with E-state index in [1.807, 2.05) is 6.07 Å². The number of fused-ring (bicyclic) bond motifs is 6. The van der Waals surface area contributed by atoms with Gasteiger partial charge in [0.05, 0.1) is 11.0 Å². The van der Waals surface area contributed by atoms with E-state index < -0.39 is 0 Å². The Morgan fingerprint density at radius 2 is 1.19 bits per heavy atom. The molecule has 0 atom stereocenters. The van der Waals surface area contributed by atoms with Crippen LogP contribution in [0, 0.1) is 0 Å². The van der Waals surface area contributed by atoms with E-state index in [2.05, 4.69) is 83.4 Å². The highest BCUT2D eigenvalue weighted by molar-refractivity contribution is 7.25. The Kier molecular flexibility index (Phi) is 3.16. The SMILES string of the molecule is Clc1ccc2c(c1)sc1cc(-n3c4ccccc4c4ccccc43)ccc12. The number of halogens is 1. The lowest BCUT2D eigenvalue weighted by Crippen LogP contribution is -1.92. The van der Waals surface area contributed by atoms with Crippen LogP contribution in [0.5, 0.6) is 0 Å². The highest BCUT2D eigenvalue weighted by Crippen LogP contribution is 2.38. The zero-order valence-corrected chi connectivity index (χ0v) is 15.9. The molecule has 0 bridgehead atoms. The summed E-state index contributed by atoms with van der Waals surface area (Å²) in [6, 6.07) is 30.1. The van der Waals surface area contributed by atoms with Crippen LogP contribution in [0.2, 0.25) is 5.02 Å². The van der Waals surface area contributed by atoms with Crippen molar-refractivity contribution in [1.82, 2.24) is 4.57 Å². The minimum absolute atomic E-state index is 0.789. The number of hydrogen-bond donors (Lipinski definition) is 0. The summed E-state index contributed by atoms with van der Waals surface area (Å²) in [6.07, 6.45) is 0. The van der Waals surface area contributed by atoms with Crippen molar-refractivity contribution in [3.8, 4) is 5.69 Å². The third-order valence-corrected chi connectivity index (χ3v) is 6.61. The summed E-state index contributed by atoms with van der Waals surface area (Å²) in [7, 11) is 0. The van der Waals surface area contributed by atoms with Crippen LogP contribution in [0.4, 0.5) is 0 Å². The fourth-order valence-corrected chi connectivity index (χ4v) is 5.49. The maximum Gasteiger partial charge on any atom is 0.0541 e. The van der Waals surface area contributed by atoms with E-state index in [1.54, 1.807) is 11.3 Å². The summed E-state index contributed by atoms with van der Waals surface area (Å²) in [4.78, 5) is 0. The fourth-order valence-electron chi connectivity index (χ4n) is 4.08. The van der Waals surface area contributed by atoms with Crippen molar-refractivity contribution in [2.45, 2.75) is 0 Å². The summed E-state index contributed by atoms with van der Waals surface area (Å²) >= 11 is 7.99. The van der Waals surface area contributed by atoms with Crippen molar-refractivity contribution in [3.05, 3.63) is 90.0 Å². The molecule has 0 unspecified atom stereocenters. The van der Waals surface area contributed by atoms with E-state index in [9.17, 15) is 0 Å². The van der Waals surface area contributed by atoms with Gasteiger partial charge in [-0.05, 0) is 36.4 Å². The number of benzene rings is 4. The topological polar surface area (TPSA) is 4.93 Å². The van der Waals surface area contributed by atoms with E-state index in [0.29, 0.717) is 0 Å². The fraction of sp³-hybridized carbons (Fsp3) is 0. The van der Waals surface area contributed by atoms with E-state index in [0.717, 1.165) is 5.02 Å². The summed E-state index contributed by atoms with van der Waals surface area (Å²) < 4.78 is 4.88. The second kappa shape index (κ2) is 5.59. The van der Waals surface area contributed by atoms with Crippen LogP contribution in [0.3, 0.4) is 0 Å². The van der Waals surface area contributed by atoms with Gasteiger partial charge in [0.15, 0.2) is 0 Å². The highest BCUT2D eigenvalue weighted by Gasteiger charge is 2.13. The molecule has 3 heteroatoms. The van der Waals surface area contributed by atoms with Gasteiger partial charge in [0.2, 0.25) is 0 Å². The van der Waals surface area contributed by atoms with Gasteiger partial charge in [0.1, 0.15) is 0 Å². The largest absolute Gasteiger partial charge is 0.309 e. The molecule has 0 amide bonds. The normalized spacial score (nSPS) is 11.9. The molecule has 0 saturated heterocycles. The number of hydrogen-bond acceptors (Lipinski definition) is 1. The predicted molar refractivity (Wildman–Crippen MR) is 119 cm³/mol. The first-order valence-corrected chi connectivity index (χ1v) is 10.1. The van der Waals surface area contributed by atoms with Gasteiger partial charge in [-0.1, -0.05) is 60.1 Å². The molecule has 0 aliphatic heterocycles. The van der Waals surface area contributed by atoms with Gasteiger partial charge in [-0.15, -0.1) is 11.3 Å². The van der Waals surface area contributed by atoms with Gasteiger partial charge >= 0.3 is 0 Å². The molecule has 0 aliphatic carbocycles. The molecule has 0 N–H and O–H groups in total. The standard InChI is InChI=1S/C24H14ClNS/c25-15-9-11-19-20-12-10-16(14-24(20)27-23(19)13-15)26-21-7-3-1-5-17(21)18-6-2-4-8-22(18)26/h1-14H. The maximum absolute atomic E-state index is 6.19. The first kappa shape index (κ1) is 15.3. The number of para-hydroxylation sites is 2. The number of nitrogens with zero attached hydrogens (tertiary/aromatic N) is 1. The van der Waals surface area contributed by atoms with Crippen molar-refractivity contribution in [3.63, 3.8) is 0 Å². The van der Waals surface area contributed by atoms with Crippen molar-refractivity contribution in [1.29, 1.82) is 0 Å². The lowest BCUT2D eigenvalue weighted by Gasteiger charge is -2.08. The van der Waals surface area contributed by atoms with Crippen molar-refractivity contribution >= 4 is 64.9 Å². The summed E-state index contributed by atoms with van der Waals surface area (Å²) in [5.74, 6) is 0. The molecule has 0 aliphatic rings. The Bertz CT molecular complexity index is 1440. The maximum atomic E-state index is 6.19. The molecular weight excluding hydrogens is 370 g/mol. The third-order valence-electron chi connectivity index (χ3n) is 5.26. The van der Waals surface area contributed by atoms with Crippen molar-refractivity contribution in [2.75, 3.05) is 0 Å². The highest BCUT2D eigenvalue weighted by atomic mass is 35.5. The Balaban J connectivity index is 1.71. The van der Waals surface area contributed by atoms with Crippen molar-refractivity contribution in [2.24, 2.45) is 0 Å². The van der Waals surface area contributed by atoms with E-state index in [1.165, 1.54) is 47.7 Å². The van der Waals surface area contributed by atoms with E-state index >= 15 is 0 Å². The molecule has 0 fully saturated rings. The first-order chi connectivity index (χ1) is 13.3. The van der Waals surface area contributed by atoms with Gasteiger partial charge in [-0.25, -0.2) is 0 Å². The summed E-state index contributed by atoms with van der Waals surface area (Å²) in [6.45, 7) is 0. The minimum Gasteiger partial charge on any atom is -0.309 e. The minimum atomic E-state index is 0.789. The lowest BCUT2D eigenvalue weighted by atomic mass is 10.1. The Morgan fingerprint density at radius 3 is 1.89 bits per heavy atom. The zero-order chi connectivity index (χ0) is 18.0. The van der Waals surface area contributed by atoms with E-state index in [4.69, 9.17) is 11.6 Å². The molecule has 2 heterocycles. The van der Waals surface area contributed by atoms with Crippen LogP contribution in [0.1, 0.15) is 0 Å². The number of rotatable bonds is 1. The molecule has 128 valence electrons.